The Morgan fingerprint density at radius 2 is 2.04 bits per heavy atom. The van der Waals surface area contributed by atoms with E-state index >= 15 is 0 Å². The molecule has 3 aromatic rings. The minimum Gasteiger partial charge on any atom is -0.489 e. The van der Waals surface area contributed by atoms with Gasteiger partial charge in [-0.2, -0.15) is 5.10 Å². The second-order valence-electron chi connectivity index (χ2n) is 6.82. The van der Waals surface area contributed by atoms with Crippen LogP contribution in [0.25, 0.3) is 0 Å². The molecule has 0 fully saturated rings. The van der Waals surface area contributed by atoms with Gasteiger partial charge in [0.1, 0.15) is 23.9 Å². The maximum Gasteiger partial charge on any atom is 0.256 e. The first-order valence-electron chi connectivity index (χ1n) is 9.03. The molecular formula is C20H22N4O3. The topological polar surface area (TPSA) is 82.2 Å². The molecule has 1 aliphatic rings. The Kier molecular flexibility index (Phi) is 4.43. The van der Waals surface area contributed by atoms with E-state index < -0.39 is 0 Å². The lowest BCUT2D eigenvalue weighted by Crippen LogP contribution is -2.15. The Morgan fingerprint density at radius 3 is 2.74 bits per heavy atom. The van der Waals surface area contributed by atoms with Gasteiger partial charge in [-0.15, -0.1) is 0 Å². The van der Waals surface area contributed by atoms with E-state index in [2.05, 4.69) is 15.6 Å². The summed E-state index contributed by atoms with van der Waals surface area (Å²) >= 11 is 0. The number of hydrogen-bond donors (Lipinski definition) is 1. The van der Waals surface area contributed by atoms with Gasteiger partial charge in [0.2, 0.25) is 0 Å². The molecule has 1 aromatic carbocycles. The number of anilines is 1. The number of nitrogens with one attached hydrogen (secondary N) is 1. The van der Waals surface area contributed by atoms with E-state index in [4.69, 9.17) is 9.26 Å². The first kappa shape index (κ1) is 17.3. The lowest BCUT2D eigenvalue weighted by Gasteiger charge is -2.09. The van der Waals surface area contributed by atoms with Crippen molar-refractivity contribution in [3.63, 3.8) is 0 Å². The number of hydrogen-bond acceptors (Lipinski definition) is 5. The molecule has 0 bridgehead atoms. The van der Waals surface area contributed by atoms with Crippen molar-refractivity contribution in [1.82, 2.24) is 14.9 Å². The summed E-state index contributed by atoms with van der Waals surface area (Å²) in [5.41, 5.74) is 4.60. The summed E-state index contributed by atoms with van der Waals surface area (Å²) in [4.78, 5) is 12.6. The van der Waals surface area contributed by atoms with Crippen molar-refractivity contribution in [1.29, 1.82) is 0 Å². The number of carbonyl (C=O) groups is 1. The van der Waals surface area contributed by atoms with Gasteiger partial charge in [-0.05, 0) is 57.4 Å². The first-order chi connectivity index (χ1) is 13.0. The van der Waals surface area contributed by atoms with E-state index in [1.54, 1.807) is 28.9 Å². The molecule has 0 spiro atoms. The fourth-order valence-electron chi connectivity index (χ4n) is 3.42. The average molecular weight is 366 g/mol. The number of aryl methyl sites for hydroxylation is 4. The van der Waals surface area contributed by atoms with E-state index in [-0.39, 0.29) is 5.91 Å². The molecule has 1 aliphatic carbocycles. The lowest BCUT2D eigenvalue weighted by atomic mass is 10.2. The Balaban J connectivity index is 1.42. The highest BCUT2D eigenvalue weighted by Gasteiger charge is 2.22. The molecule has 0 saturated heterocycles. The Morgan fingerprint density at radius 1 is 1.26 bits per heavy atom. The third kappa shape index (κ3) is 3.32. The van der Waals surface area contributed by atoms with Crippen LogP contribution in [0.2, 0.25) is 0 Å². The first-order valence-corrected chi connectivity index (χ1v) is 9.03. The van der Waals surface area contributed by atoms with Crippen molar-refractivity contribution in [3.05, 3.63) is 58.1 Å². The van der Waals surface area contributed by atoms with Crippen molar-refractivity contribution in [2.24, 2.45) is 7.05 Å². The van der Waals surface area contributed by atoms with Crippen LogP contribution in [0, 0.1) is 13.8 Å². The van der Waals surface area contributed by atoms with E-state index in [0.717, 1.165) is 53.4 Å². The van der Waals surface area contributed by atoms with Crippen LogP contribution >= 0.6 is 0 Å². The van der Waals surface area contributed by atoms with E-state index in [1.165, 1.54) is 0 Å². The van der Waals surface area contributed by atoms with Crippen LogP contribution in [0.5, 0.6) is 5.75 Å². The van der Waals surface area contributed by atoms with Crippen LogP contribution < -0.4 is 10.1 Å². The minimum absolute atomic E-state index is 0.148. The summed E-state index contributed by atoms with van der Waals surface area (Å²) in [6.07, 6.45) is 3.04. The molecule has 1 amide bonds. The van der Waals surface area contributed by atoms with Gasteiger partial charge in [0.25, 0.3) is 5.91 Å². The van der Waals surface area contributed by atoms with Gasteiger partial charge >= 0.3 is 0 Å². The number of fused-ring (bicyclic) bond motifs is 1. The molecule has 0 aliphatic heterocycles. The van der Waals surface area contributed by atoms with Crippen LogP contribution in [0.3, 0.4) is 0 Å². The molecule has 140 valence electrons. The van der Waals surface area contributed by atoms with Gasteiger partial charge in [-0.25, -0.2) is 0 Å². The SMILES string of the molecule is Cc1noc(C)c1COc1ccc(C(=O)Nc2c3c(nn2C)CCC3)cc1. The molecule has 2 aromatic heterocycles. The largest absolute Gasteiger partial charge is 0.489 e. The number of aromatic nitrogens is 3. The molecule has 7 nitrogen and oxygen atoms in total. The molecule has 2 heterocycles. The maximum atomic E-state index is 12.6. The zero-order valence-corrected chi connectivity index (χ0v) is 15.7. The summed E-state index contributed by atoms with van der Waals surface area (Å²) in [6, 6.07) is 7.10. The van der Waals surface area contributed by atoms with E-state index in [1.807, 2.05) is 20.9 Å². The van der Waals surface area contributed by atoms with Crippen molar-refractivity contribution in [2.75, 3.05) is 5.32 Å². The second-order valence-corrected chi connectivity index (χ2v) is 6.82. The predicted octanol–water partition coefficient (Wildman–Crippen LogP) is 3.34. The molecule has 4 rings (SSSR count). The highest BCUT2D eigenvalue weighted by molar-refractivity contribution is 6.04. The molecule has 7 heteroatoms. The van der Waals surface area contributed by atoms with Crippen LogP contribution in [0.1, 0.15) is 45.1 Å². The zero-order valence-electron chi connectivity index (χ0n) is 15.7. The highest BCUT2D eigenvalue weighted by Crippen LogP contribution is 2.28. The van der Waals surface area contributed by atoms with Crippen molar-refractivity contribution >= 4 is 11.7 Å². The van der Waals surface area contributed by atoms with Gasteiger partial charge in [-0.3, -0.25) is 9.48 Å². The number of benzene rings is 1. The summed E-state index contributed by atoms with van der Waals surface area (Å²) in [5, 5.41) is 11.4. The molecular weight excluding hydrogens is 344 g/mol. The molecule has 0 unspecified atom stereocenters. The normalized spacial score (nSPS) is 12.9. The number of rotatable bonds is 5. The quantitative estimate of drug-likeness (QED) is 0.749. The smallest absolute Gasteiger partial charge is 0.256 e. The van der Waals surface area contributed by atoms with Crippen LogP contribution in [0.4, 0.5) is 5.82 Å². The summed E-state index contributed by atoms with van der Waals surface area (Å²) in [6.45, 7) is 4.13. The Labute approximate surface area is 157 Å². The third-order valence-electron chi connectivity index (χ3n) is 4.98. The molecule has 0 atom stereocenters. The van der Waals surface area contributed by atoms with Gasteiger partial charge < -0.3 is 14.6 Å². The molecule has 1 N–H and O–H groups in total. The molecule has 0 radical (unpaired) electrons. The van der Waals surface area contributed by atoms with Gasteiger partial charge in [0, 0.05) is 18.2 Å². The molecule has 0 saturated carbocycles. The van der Waals surface area contributed by atoms with Gasteiger partial charge in [0.05, 0.1) is 17.0 Å². The zero-order chi connectivity index (χ0) is 19.0. The highest BCUT2D eigenvalue weighted by atomic mass is 16.5. The summed E-state index contributed by atoms with van der Waals surface area (Å²) in [5.74, 6) is 2.09. The third-order valence-corrected chi connectivity index (χ3v) is 4.98. The second kappa shape index (κ2) is 6.90. The fourth-order valence-corrected chi connectivity index (χ4v) is 3.42. The van der Waals surface area contributed by atoms with Crippen LogP contribution in [0.15, 0.2) is 28.8 Å². The Hall–Kier alpha value is -3.09. The van der Waals surface area contributed by atoms with Crippen LogP contribution in [-0.4, -0.2) is 20.8 Å². The number of carbonyl (C=O) groups excluding carboxylic acids is 1. The van der Waals surface area contributed by atoms with Gasteiger partial charge in [0.15, 0.2) is 0 Å². The number of amides is 1. The van der Waals surface area contributed by atoms with E-state index in [0.29, 0.717) is 17.9 Å². The monoisotopic (exact) mass is 366 g/mol. The number of ether oxygens (including phenoxy) is 1. The maximum absolute atomic E-state index is 12.6. The van der Waals surface area contributed by atoms with Gasteiger partial charge in [-0.1, -0.05) is 5.16 Å². The summed E-state index contributed by atoms with van der Waals surface area (Å²) < 4.78 is 12.7. The molecule has 27 heavy (non-hydrogen) atoms. The fraction of sp³-hybridized carbons (Fsp3) is 0.350. The average Bonchev–Trinajstić information content (AvgIpc) is 3.31. The van der Waals surface area contributed by atoms with E-state index in [9.17, 15) is 4.79 Å². The summed E-state index contributed by atoms with van der Waals surface area (Å²) in [7, 11) is 1.86. The van der Waals surface area contributed by atoms with Crippen molar-refractivity contribution < 1.29 is 14.1 Å². The standard InChI is InChI=1S/C20H22N4O3/c1-12-17(13(2)27-23-12)11-26-15-9-7-14(8-10-15)20(25)21-19-16-5-4-6-18(16)22-24(19)3/h7-10H,4-6,11H2,1-3H3,(H,21,25). The predicted molar refractivity (Wildman–Crippen MR) is 99.9 cm³/mol. The number of nitrogens with zero attached hydrogens (tertiary/aromatic N) is 3. The lowest BCUT2D eigenvalue weighted by molar-refractivity contribution is 0.102. The minimum atomic E-state index is -0.148. The Bertz CT molecular complexity index is 966. The van der Waals surface area contributed by atoms with Crippen LogP contribution in [-0.2, 0) is 26.5 Å². The van der Waals surface area contributed by atoms with Crippen molar-refractivity contribution in [2.45, 2.75) is 39.7 Å². The van der Waals surface area contributed by atoms with Crippen molar-refractivity contribution in [3.8, 4) is 5.75 Å².